The Morgan fingerprint density at radius 3 is 0.915 bits per heavy atom. The number of hydrogen-bond acceptors (Lipinski definition) is 20. The van der Waals surface area contributed by atoms with Gasteiger partial charge in [0, 0.05) is 71.5 Å². The number of esters is 6. The van der Waals surface area contributed by atoms with Crippen LogP contribution >= 0.6 is 0 Å². The summed E-state index contributed by atoms with van der Waals surface area (Å²) in [7, 11) is 1.00. The van der Waals surface area contributed by atoms with Crippen LogP contribution in [-0.2, 0) is 57.2 Å². The molecule has 20 heteroatoms. The number of fused-ring (bicyclic) bond motifs is 8. The minimum absolute atomic E-state index is 0.00236. The Labute approximate surface area is 637 Å². The second kappa shape index (κ2) is 33.7. The van der Waals surface area contributed by atoms with Crippen molar-refractivity contribution >= 4 is 35.8 Å². The van der Waals surface area contributed by atoms with Crippen LogP contribution < -0.4 is 0 Å². The van der Waals surface area contributed by atoms with Gasteiger partial charge in [0.05, 0.1) is 66.6 Å². The molecule has 0 aromatic heterocycles. The summed E-state index contributed by atoms with van der Waals surface area (Å²) >= 11 is 0. The summed E-state index contributed by atoms with van der Waals surface area (Å²) < 4.78 is 34.4. The predicted octanol–water partition coefficient (Wildman–Crippen LogP) is 14.7. The van der Waals surface area contributed by atoms with E-state index in [0.717, 1.165) is 141 Å². The van der Waals surface area contributed by atoms with E-state index in [2.05, 4.69) is 0 Å². The number of ether oxygens (including phenoxy) is 6. The number of carbonyl (C=O) groups is 6. The summed E-state index contributed by atoms with van der Waals surface area (Å²) in [5.74, 6) is 3.53. The topological polar surface area (TPSA) is 320 Å². The van der Waals surface area contributed by atoms with Crippen LogP contribution in [0.1, 0.15) is 356 Å². The largest absolute Gasteiger partial charge is 0.462 e. The first-order chi connectivity index (χ1) is 49.0. The zero-order valence-electron chi connectivity index (χ0n) is 69.3. The minimum Gasteiger partial charge on any atom is -0.462 e. The number of hydrogen-bond donors (Lipinski definition) is 8. The Kier molecular flexibility index (Phi) is 28.5. The van der Waals surface area contributed by atoms with E-state index in [9.17, 15) is 59.4 Å². The number of aliphatic hydroxyl groups excluding tert-OH is 2. The van der Waals surface area contributed by atoms with Crippen LogP contribution in [0.5, 0.6) is 0 Å². The fourth-order valence-corrected chi connectivity index (χ4v) is 20.7. The first kappa shape index (κ1) is 89.7. The van der Waals surface area contributed by atoms with Gasteiger partial charge in [-0.2, -0.15) is 0 Å². The number of carbonyl (C=O) groups excluding carboxylic acids is 6. The molecule has 0 aromatic rings. The van der Waals surface area contributed by atoms with E-state index in [1.54, 1.807) is 6.92 Å². The highest BCUT2D eigenvalue weighted by Crippen LogP contribution is 2.64. The lowest BCUT2D eigenvalue weighted by Crippen LogP contribution is -2.72. The molecule has 0 spiro atoms. The average Bonchev–Trinajstić information content (AvgIpc) is 1.16. The zero-order valence-corrected chi connectivity index (χ0v) is 69.3. The van der Waals surface area contributed by atoms with Crippen LogP contribution in [0.4, 0.5) is 0 Å². The highest BCUT2D eigenvalue weighted by atomic mass is 16.6. The van der Waals surface area contributed by atoms with Crippen molar-refractivity contribution in [2.75, 3.05) is 13.7 Å². The molecule has 16 saturated carbocycles. The van der Waals surface area contributed by atoms with Gasteiger partial charge in [-0.05, 0) is 285 Å². The Morgan fingerprint density at radius 1 is 0.349 bits per heavy atom. The molecule has 0 heterocycles. The molecule has 106 heavy (non-hydrogen) atoms. The third-order valence-corrected chi connectivity index (χ3v) is 28.7. The first-order valence-corrected chi connectivity index (χ1v) is 41.7. The smallest absolute Gasteiger partial charge is 0.312 e. The van der Waals surface area contributed by atoms with Gasteiger partial charge >= 0.3 is 35.8 Å². The maximum atomic E-state index is 12.4. The van der Waals surface area contributed by atoms with Crippen molar-refractivity contribution in [1.29, 1.82) is 0 Å². The molecule has 8 N–H and O–H groups in total. The van der Waals surface area contributed by atoms with Gasteiger partial charge in [0.2, 0.25) is 0 Å². The lowest BCUT2D eigenvalue weighted by atomic mass is 9.48. The maximum Gasteiger partial charge on any atom is 0.312 e. The third-order valence-electron chi connectivity index (χ3n) is 28.7. The summed E-state index contributed by atoms with van der Waals surface area (Å²) in [5, 5.41) is 77.3. The molecule has 16 fully saturated rings. The van der Waals surface area contributed by atoms with Crippen molar-refractivity contribution in [3.05, 3.63) is 0 Å². The normalized spacial score (nSPS) is 39.0. The molecule has 16 bridgehead atoms. The molecule has 0 radical (unpaired) electrons. The van der Waals surface area contributed by atoms with Gasteiger partial charge in [-0.1, -0.05) is 48.5 Å². The standard InChI is InChI=1S/C16H26O5.C16H26O3.C13H22O3.2C13H22O2.C12H20O3.C2H6O.CH4O/c1-4-12(2,3)11(17)21-16-8-13(18)5-14(19,9-16)7-15(20,6-13)10-16;1-4-14(2,3)13(17)19-16-8-11-5-12(9-16)7-15(18,6-11)10-16;1-4-11(2,3)10(14)16-13-7-5-12(15,9-13)6-8-13;2*1-4-13(2,3)12(14)15-11-8-9-5-6-10(11)7-9;1-3-9(2)10(13)15-12-6-4-11(14,8-12)5-7-12;1-2-3;1-2/h18-20H,4-10H2,1-3H3;11-12,18H,4-10H2,1-3H3;15H,4-9H2,1-3H3;2*9-11H,4-8H2,1-3H3;9,14H,3-8H2,1-2H3;3H,2H2,1H3;2H,1H3. The van der Waals surface area contributed by atoms with Crippen LogP contribution in [0.15, 0.2) is 0 Å². The fraction of sp³-hybridized carbons (Fsp3) is 0.930. The summed E-state index contributed by atoms with van der Waals surface area (Å²) in [6.45, 7) is 35.1. The van der Waals surface area contributed by atoms with E-state index in [-0.39, 0.29) is 107 Å². The molecule has 0 amide bonds. The molecule has 0 saturated heterocycles. The van der Waals surface area contributed by atoms with Crippen molar-refractivity contribution in [1.82, 2.24) is 0 Å². The van der Waals surface area contributed by atoms with Crippen LogP contribution in [-0.4, -0.2) is 159 Å². The van der Waals surface area contributed by atoms with E-state index >= 15 is 0 Å². The van der Waals surface area contributed by atoms with Crippen molar-refractivity contribution in [3.8, 4) is 0 Å². The Hall–Kier alpha value is -3.50. The van der Waals surface area contributed by atoms with E-state index in [1.807, 2.05) is 118 Å². The van der Waals surface area contributed by atoms with Crippen LogP contribution in [0.3, 0.4) is 0 Å². The highest BCUT2D eigenvalue weighted by Gasteiger charge is 2.70. The monoisotopic (exact) mass is 1500 g/mol. The molecule has 16 aliphatic carbocycles. The molecular weight excluding hydrogens is 1350 g/mol. The van der Waals surface area contributed by atoms with Gasteiger partial charge in [0.15, 0.2) is 0 Å². The van der Waals surface area contributed by atoms with Crippen molar-refractivity contribution in [2.45, 2.75) is 424 Å². The lowest BCUT2D eigenvalue weighted by Gasteiger charge is -2.65. The van der Waals surface area contributed by atoms with Crippen molar-refractivity contribution < 1.29 is 98.0 Å². The molecule has 16 aliphatic rings. The molecule has 9 atom stereocenters. The molecular formula is C86H148O20. The first-order valence-electron chi connectivity index (χ1n) is 41.7. The zero-order chi connectivity index (χ0) is 79.6. The van der Waals surface area contributed by atoms with Crippen molar-refractivity contribution in [2.24, 2.45) is 68.5 Å². The van der Waals surface area contributed by atoms with E-state index in [0.29, 0.717) is 68.6 Å². The average molecular weight is 1500 g/mol. The van der Waals surface area contributed by atoms with Gasteiger partial charge in [-0.25, -0.2) is 0 Å². The van der Waals surface area contributed by atoms with Crippen LogP contribution in [0.2, 0.25) is 0 Å². The summed E-state index contributed by atoms with van der Waals surface area (Å²) in [5.41, 5.74) is -9.01. The predicted molar refractivity (Wildman–Crippen MR) is 405 cm³/mol. The van der Waals surface area contributed by atoms with E-state index in [1.165, 1.54) is 44.9 Å². The van der Waals surface area contributed by atoms with Crippen molar-refractivity contribution in [3.63, 3.8) is 0 Å². The Balaban J connectivity index is 0.000000176. The molecule has 0 aromatic carbocycles. The molecule has 612 valence electrons. The maximum absolute atomic E-state index is 12.4. The second-order valence-electron chi connectivity index (χ2n) is 40.1. The molecule has 16 rings (SSSR count). The van der Waals surface area contributed by atoms with Crippen LogP contribution in [0, 0.1) is 68.5 Å². The highest BCUT2D eigenvalue weighted by molar-refractivity contribution is 5.78. The second-order valence-corrected chi connectivity index (χ2v) is 40.1. The molecule has 0 aliphatic heterocycles. The summed E-state index contributed by atoms with van der Waals surface area (Å²) in [4.78, 5) is 72.4. The lowest BCUT2D eigenvalue weighted by molar-refractivity contribution is -0.302. The molecule has 9 unspecified atom stereocenters. The minimum atomic E-state index is -1.13. The Bertz CT molecular complexity index is 2860. The Morgan fingerprint density at radius 2 is 0.642 bits per heavy atom. The van der Waals surface area contributed by atoms with Gasteiger partial charge < -0.3 is 69.3 Å². The number of aliphatic hydroxyl groups is 8. The van der Waals surface area contributed by atoms with Gasteiger partial charge in [-0.15, -0.1) is 0 Å². The van der Waals surface area contributed by atoms with E-state index < -0.39 is 55.5 Å². The van der Waals surface area contributed by atoms with Gasteiger partial charge in [0.1, 0.15) is 34.6 Å². The summed E-state index contributed by atoms with van der Waals surface area (Å²) in [6.07, 6.45) is 30.5. The summed E-state index contributed by atoms with van der Waals surface area (Å²) in [6, 6.07) is 0. The SMILES string of the molecule is CCC(C)(C)C(=O)OC12CC3(O)CC(O)(CC(O)(C3)C1)C2.CCC(C)(C)C(=O)OC12CC3CC(CC(O)(C3)C1)C2.CCC(C)(C)C(=O)OC12CCC(O)(CC1)C2.CCC(C)(C)C(=O)OC1CC2CCC1C2.CCC(C)(C)C(=O)OC1CC2CCC1C2.CCC(C)C(=O)OC12CCC(O)(CC1)C2.CCO.CO. The number of rotatable bonds is 18. The van der Waals surface area contributed by atoms with Gasteiger partial charge in [0.25, 0.3) is 0 Å². The van der Waals surface area contributed by atoms with Crippen LogP contribution in [0.25, 0.3) is 0 Å². The van der Waals surface area contributed by atoms with E-state index in [4.69, 9.17) is 38.6 Å². The fourth-order valence-electron chi connectivity index (χ4n) is 20.7. The third kappa shape index (κ3) is 21.4. The molecule has 20 nitrogen and oxygen atoms in total. The quantitative estimate of drug-likeness (QED) is 0.0467. The van der Waals surface area contributed by atoms with Gasteiger partial charge in [-0.3, -0.25) is 28.8 Å².